The van der Waals surface area contributed by atoms with E-state index >= 15 is 0 Å². The molecule has 6 nitrogen and oxygen atoms in total. The molecule has 0 saturated carbocycles. The van der Waals surface area contributed by atoms with Gasteiger partial charge in [-0.05, 0) is 5.56 Å². The number of amides is 2. The predicted octanol–water partition coefficient (Wildman–Crippen LogP) is -0.522. The Labute approximate surface area is 97.6 Å². The van der Waals surface area contributed by atoms with Crippen LogP contribution in [0.25, 0.3) is 0 Å². The number of aromatic nitrogens is 1. The van der Waals surface area contributed by atoms with Crippen molar-refractivity contribution in [3.63, 3.8) is 0 Å². The number of pyridine rings is 1. The number of piperazine rings is 1. The molecule has 1 N–H and O–H groups in total. The summed E-state index contributed by atoms with van der Waals surface area (Å²) in [5.41, 5.74) is 1.64. The van der Waals surface area contributed by atoms with Gasteiger partial charge in [-0.3, -0.25) is 14.5 Å². The van der Waals surface area contributed by atoms with E-state index in [4.69, 9.17) is 4.74 Å². The van der Waals surface area contributed by atoms with E-state index in [0.29, 0.717) is 12.3 Å². The third kappa shape index (κ3) is 1.37. The number of anilines is 1. The lowest BCUT2D eigenvalue weighted by molar-refractivity contribution is -0.130. The van der Waals surface area contributed by atoms with Gasteiger partial charge in [0, 0.05) is 12.5 Å². The van der Waals surface area contributed by atoms with Crippen LogP contribution in [0.5, 0.6) is 5.88 Å². The third-order valence-corrected chi connectivity index (χ3v) is 3.12. The van der Waals surface area contributed by atoms with Crippen LogP contribution >= 0.6 is 0 Å². The van der Waals surface area contributed by atoms with E-state index in [0.717, 1.165) is 11.3 Å². The first-order chi connectivity index (χ1) is 8.20. The highest BCUT2D eigenvalue weighted by Crippen LogP contribution is 2.34. The molecule has 0 aromatic carbocycles. The molecule has 6 heteroatoms. The van der Waals surface area contributed by atoms with Crippen molar-refractivity contribution < 1.29 is 14.3 Å². The monoisotopic (exact) mass is 233 g/mol. The van der Waals surface area contributed by atoms with Crippen molar-refractivity contribution >= 4 is 17.5 Å². The number of fused-ring (bicyclic) bond motifs is 3. The zero-order chi connectivity index (χ0) is 12.0. The van der Waals surface area contributed by atoms with Crippen molar-refractivity contribution in [1.29, 1.82) is 0 Å². The SMILES string of the molecule is COc1cc2c(cn1)N1C(=O)CNC(=O)C1C2. The van der Waals surface area contributed by atoms with E-state index in [2.05, 4.69) is 10.3 Å². The first-order valence-electron chi connectivity index (χ1n) is 5.33. The van der Waals surface area contributed by atoms with Crippen LogP contribution < -0.4 is 15.0 Å². The smallest absolute Gasteiger partial charge is 0.247 e. The van der Waals surface area contributed by atoms with Crippen molar-refractivity contribution in [3.8, 4) is 5.88 Å². The summed E-state index contributed by atoms with van der Waals surface area (Å²) >= 11 is 0. The van der Waals surface area contributed by atoms with Crippen LogP contribution in [0.4, 0.5) is 5.69 Å². The van der Waals surface area contributed by atoms with Crippen LogP contribution in [0.3, 0.4) is 0 Å². The first-order valence-corrected chi connectivity index (χ1v) is 5.33. The Kier molecular flexibility index (Phi) is 2.04. The van der Waals surface area contributed by atoms with E-state index in [1.165, 1.54) is 12.0 Å². The van der Waals surface area contributed by atoms with Gasteiger partial charge in [-0.2, -0.15) is 0 Å². The minimum Gasteiger partial charge on any atom is -0.481 e. The molecule has 0 radical (unpaired) electrons. The number of nitrogens with one attached hydrogen (secondary N) is 1. The summed E-state index contributed by atoms with van der Waals surface area (Å²) in [5.74, 6) is 0.288. The quantitative estimate of drug-likeness (QED) is 0.708. The minimum atomic E-state index is -0.430. The molecule has 2 aliphatic rings. The molecule has 17 heavy (non-hydrogen) atoms. The van der Waals surface area contributed by atoms with Gasteiger partial charge in [0.1, 0.15) is 6.04 Å². The van der Waals surface area contributed by atoms with Gasteiger partial charge < -0.3 is 10.1 Å². The van der Waals surface area contributed by atoms with Crippen molar-refractivity contribution in [2.45, 2.75) is 12.5 Å². The van der Waals surface area contributed by atoms with Gasteiger partial charge in [-0.15, -0.1) is 0 Å². The Balaban J connectivity index is 2.06. The standard InChI is InChI=1S/C11H11N3O3/c1-17-9-3-6-2-7-11(16)13-5-10(15)14(7)8(6)4-12-9/h3-4,7H,2,5H2,1H3,(H,13,16). The summed E-state index contributed by atoms with van der Waals surface area (Å²) in [7, 11) is 1.54. The van der Waals surface area contributed by atoms with Gasteiger partial charge in [0.2, 0.25) is 17.7 Å². The molecule has 1 aromatic rings. The second kappa shape index (κ2) is 3.44. The number of methoxy groups -OCH3 is 1. The highest BCUT2D eigenvalue weighted by molar-refractivity contribution is 6.08. The Bertz CT molecular complexity index is 515. The molecule has 1 unspecified atom stereocenters. The van der Waals surface area contributed by atoms with E-state index in [-0.39, 0.29) is 18.4 Å². The number of rotatable bonds is 1. The molecule has 88 valence electrons. The fraction of sp³-hybridized carbons (Fsp3) is 0.364. The Morgan fingerprint density at radius 3 is 3.12 bits per heavy atom. The number of carbonyl (C=O) groups excluding carboxylic acids is 2. The largest absolute Gasteiger partial charge is 0.481 e. The predicted molar refractivity (Wildman–Crippen MR) is 58.8 cm³/mol. The molecule has 2 amide bonds. The summed E-state index contributed by atoms with van der Waals surface area (Å²) in [5, 5.41) is 2.58. The third-order valence-electron chi connectivity index (χ3n) is 3.12. The molecule has 1 saturated heterocycles. The van der Waals surface area contributed by atoms with Crippen LogP contribution in [0.2, 0.25) is 0 Å². The molecule has 1 atom stereocenters. The summed E-state index contributed by atoms with van der Waals surface area (Å²) in [6.07, 6.45) is 2.11. The van der Waals surface area contributed by atoms with Crippen LogP contribution in [0.1, 0.15) is 5.56 Å². The number of hydrogen-bond acceptors (Lipinski definition) is 4. The van der Waals surface area contributed by atoms with Crippen molar-refractivity contribution in [3.05, 3.63) is 17.8 Å². The zero-order valence-corrected chi connectivity index (χ0v) is 9.27. The highest BCUT2D eigenvalue weighted by atomic mass is 16.5. The molecule has 1 fully saturated rings. The fourth-order valence-corrected chi connectivity index (χ4v) is 2.31. The van der Waals surface area contributed by atoms with Gasteiger partial charge in [0.15, 0.2) is 0 Å². The zero-order valence-electron chi connectivity index (χ0n) is 9.27. The van der Waals surface area contributed by atoms with Crippen LogP contribution in [-0.4, -0.2) is 36.5 Å². The maximum Gasteiger partial charge on any atom is 0.247 e. The summed E-state index contributed by atoms with van der Waals surface area (Å²) in [4.78, 5) is 29.1. The van der Waals surface area contributed by atoms with Gasteiger partial charge >= 0.3 is 0 Å². The van der Waals surface area contributed by atoms with Crippen LogP contribution in [0, 0.1) is 0 Å². The topological polar surface area (TPSA) is 71.5 Å². The average Bonchev–Trinajstić information content (AvgIpc) is 2.73. The Morgan fingerprint density at radius 2 is 2.35 bits per heavy atom. The second-order valence-electron chi connectivity index (χ2n) is 4.06. The average molecular weight is 233 g/mol. The number of ether oxygens (including phenoxy) is 1. The molecule has 0 spiro atoms. The summed E-state index contributed by atoms with van der Waals surface area (Å²) < 4.78 is 5.03. The van der Waals surface area contributed by atoms with Crippen LogP contribution in [-0.2, 0) is 16.0 Å². The van der Waals surface area contributed by atoms with E-state index in [1.54, 1.807) is 12.3 Å². The van der Waals surface area contributed by atoms with Crippen LogP contribution in [0.15, 0.2) is 12.3 Å². The molecule has 2 aliphatic heterocycles. The van der Waals surface area contributed by atoms with Gasteiger partial charge in [-0.1, -0.05) is 0 Å². The maximum absolute atomic E-state index is 11.8. The lowest BCUT2D eigenvalue weighted by atomic mass is 10.1. The Morgan fingerprint density at radius 1 is 1.53 bits per heavy atom. The number of hydrogen-bond donors (Lipinski definition) is 1. The summed E-state index contributed by atoms with van der Waals surface area (Å²) in [6.45, 7) is 0.0564. The molecule has 0 bridgehead atoms. The lowest BCUT2D eigenvalue weighted by Crippen LogP contribution is -2.57. The second-order valence-corrected chi connectivity index (χ2v) is 4.06. The molecular formula is C11H11N3O3. The first kappa shape index (κ1) is 10.1. The molecule has 0 aliphatic carbocycles. The number of carbonyl (C=O) groups is 2. The van der Waals surface area contributed by atoms with Crippen molar-refractivity contribution in [2.24, 2.45) is 0 Å². The highest BCUT2D eigenvalue weighted by Gasteiger charge is 2.41. The molecular weight excluding hydrogens is 222 g/mol. The maximum atomic E-state index is 11.8. The normalized spacial score (nSPS) is 21.9. The van der Waals surface area contributed by atoms with E-state index < -0.39 is 6.04 Å². The van der Waals surface area contributed by atoms with Crippen molar-refractivity contribution in [2.75, 3.05) is 18.6 Å². The molecule has 3 rings (SSSR count). The Hall–Kier alpha value is -2.11. The number of nitrogens with zero attached hydrogens (tertiary/aromatic N) is 2. The summed E-state index contributed by atoms with van der Waals surface area (Å²) in [6, 6.07) is 1.34. The van der Waals surface area contributed by atoms with Gasteiger partial charge in [-0.25, -0.2) is 4.98 Å². The lowest BCUT2D eigenvalue weighted by Gasteiger charge is -2.29. The minimum absolute atomic E-state index is 0.0564. The molecule has 3 heterocycles. The van der Waals surface area contributed by atoms with Gasteiger partial charge in [0.25, 0.3) is 0 Å². The molecule has 1 aromatic heterocycles. The van der Waals surface area contributed by atoms with E-state index in [9.17, 15) is 9.59 Å². The van der Waals surface area contributed by atoms with Gasteiger partial charge in [0.05, 0.1) is 25.5 Å². The fourth-order valence-electron chi connectivity index (χ4n) is 2.31. The van der Waals surface area contributed by atoms with E-state index in [1.807, 2.05) is 0 Å². The van der Waals surface area contributed by atoms with Crippen molar-refractivity contribution in [1.82, 2.24) is 10.3 Å².